The minimum Gasteiger partial charge on any atom is -0.492 e. The molecule has 3 unspecified atom stereocenters. The first-order chi connectivity index (χ1) is 9.67. The summed E-state index contributed by atoms with van der Waals surface area (Å²) >= 11 is 7.12. The lowest BCUT2D eigenvalue weighted by Crippen LogP contribution is -2.37. The van der Waals surface area contributed by atoms with Crippen LogP contribution in [0.3, 0.4) is 0 Å². The monoisotopic (exact) mass is 403 g/mol. The minimum absolute atomic E-state index is 0.408. The zero-order valence-electron chi connectivity index (χ0n) is 11.5. The molecular formula is C15H19Br2NO2. The molecule has 0 amide bonds. The first-order valence-corrected chi connectivity index (χ1v) is 8.75. The van der Waals surface area contributed by atoms with Crippen LogP contribution in [0.25, 0.3) is 0 Å². The number of benzene rings is 1. The summed E-state index contributed by atoms with van der Waals surface area (Å²) in [5, 5.41) is 3.64. The van der Waals surface area contributed by atoms with Crippen LogP contribution in [-0.2, 0) is 11.3 Å². The second-order valence-electron chi connectivity index (χ2n) is 5.41. The van der Waals surface area contributed by atoms with Gasteiger partial charge in [0.25, 0.3) is 0 Å². The average Bonchev–Trinajstić information content (AvgIpc) is 3.02. The van der Waals surface area contributed by atoms with E-state index in [-0.39, 0.29) is 0 Å². The molecule has 1 N–H and O–H groups in total. The van der Waals surface area contributed by atoms with Gasteiger partial charge in [0.2, 0.25) is 0 Å². The van der Waals surface area contributed by atoms with Crippen molar-refractivity contribution in [1.29, 1.82) is 0 Å². The average molecular weight is 405 g/mol. The van der Waals surface area contributed by atoms with Crippen LogP contribution in [0, 0.1) is 0 Å². The molecule has 1 aromatic carbocycles. The Bertz CT molecular complexity index is 495. The van der Waals surface area contributed by atoms with Crippen molar-refractivity contribution in [3.63, 3.8) is 0 Å². The van der Waals surface area contributed by atoms with E-state index in [2.05, 4.69) is 43.2 Å². The van der Waals surface area contributed by atoms with Gasteiger partial charge in [0.15, 0.2) is 0 Å². The third-order valence-corrected chi connectivity index (χ3v) is 5.08. The fraction of sp³-hybridized carbons (Fsp3) is 0.600. The second kappa shape index (κ2) is 6.34. The molecule has 2 aliphatic rings. The summed E-state index contributed by atoms with van der Waals surface area (Å²) < 4.78 is 13.7. The molecular weight excluding hydrogens is 386 g/mol. The van der Waals surface area contributed by atoms with E-state index in [1.807, 2.05) is 13.0 Å². The van der Waals surface area contributed by atoms with Crippen molar-refractivity contribution >= 4 is 31.9 Å². The van der Waals surface area contributed by atoms with Gasteiger partial charge >= 0.3 is 0 Å². The quantitative estimate of drug-likeness (QED) is 0.803. The molecule has 0 spiro atoms. The van der Waals surface area contributed by atoms with Crippen LogP contribution < -0.4 is 10.1 Å². The second-order valence-corrected chi connectivity index (χ2v) is 7.18. The van der Waals surface area contributed by atoms with Crippen molar-refractivity contribution in [2.45, 2.75) is 51.0 Å². The van der Waals surface area contributed by atoms with E-state index in [1.54, 1.807) is 0 Å². The Hall–Kier alpha value is -0.100. The van der Waals surface area contributed by atoms with Crippen LogP contribution in [0.1, 0.15) is 31.7 Å². The number of halogens is 2. The summed E-state index contributed by atoms with van der Waals surface area (Å²) in [7, 11) is 0. The molecule has 0 radical (unpaired) electrons. The van der Waals surface area contributed by atoms with E-state index >= 15 is 0 Å². The molecule has 1 aromatic rings. The Morgan fingerprint density at radius 1 is 1.35 bits per heavy atom. The molecule has 20 heavy (non-hydrogen) atoms. The smallest absolute Gasteiger partial charge is 0.138 e. The third-order valence-electron chi connectivity index (χ3n) is 4.03. The molecule has 2 aliphatic heterocycles. The van der Waals surface area contributed by atoms with E-state index in [0.717, 1.165) is 27.7 Å². The van der Waals surface area contributed by atoms with Gasteiger partial charge in [0.05, 0.1) is 23.3 Å². The summed E-state index contributed by atoms with van der Waals surface area (Å²) in [5.74, 6) is 0.937. The van der Waals surface area contributed by atoms with Crippen LogP contribution in [-0.4, -0.2) is 24.9 Å². The molecule has 0 saturated carbocycles. The molecule has 3 nitrogen and oxygen atoms in total. The first-order valence-electron chi connectivity index (χ1n) is 7.17. The van der Waals surface area contributed by atoms with Gasteiger partial charge < -0.3 is 14.8 Å². The van der Waals surface area contributed by atoms with Crippen LogP contribution in [0.2, 0.25) is 0 Å². The zero-order chi connectivity index (χ0) is 14.1. The van der Waals surface area contributed by atoms with E-state index in [1.165, 1.54) is 18.4 Å². The molecule has 0 aliphatic carbocycles. The number of fused-ring (bicyclic) bond motifs is 2. The molecule has 2 bridgehead atoms. The van der Waals surface area contributed by atoms with Crippen LogP contribution in [0.5, 0.6) is 5.75 Å². The van der Waals surface area contributed by atoms with Gasteiger partial charge in [0, 0.05) is 22.6 Å². The van der Waals surface area contributed by atoms with Crippen LogP contribution in [0.4, 0.5) is 0 Å². The lowest BCUT2D eigenvalue weighted by molar-refractivity contribution is 0.0972. The van der Waals surface area contributed by atoms with Crippen molar-refractivity contribution in [3.05, 3.63) is 26.6 Å². The Morgan fingerprint density at radius 3 is 2.85 bits per heavy atom. The molecule has 5 heteroatoms. The normalized spacial score (nSPS) is 28.1. The van der Waals surface area contributed by atoms with Gasteiger partial charge in [0.1, 0.15) is 5.75 Å². The molecule has 2 saturated heterocycles. The van der Waals surface area contributed by atoms with Crippen LogP contribution >= 0.6 is 31.9 Å². The Morgan fingerprint density at radius 2 is 2.20 bits per heavy atom. The largest absolute Gasteiger partial charge is 0.492 e. The number of hydrogen-bond donors (Lipinski definition) is 1. The zero-order valence-corrected chi connectivity index (χ0v) is 14.7. The highest BCUT2D eigenvalue weighted by Gasteiger charge is 2.40. The van der Waals surface area contributed by atoms with Crippen molar-refractivity contribution < 1.29 is 9.47 Å². The van der Waals surface area contributed by atoms with Gasteiger partial charge in [-0.25, -0.2) is 0 Å². The number of rotatable bonds is 5. The standard InChI is InChI=1S/C15H19Br2NO2/c1-2-19-15-9(5-10(16)6-12(15)17)8-18-13-7-11-3-4-14(13)20-11/h5-6,11,13-14,18H,2-4,7-8H2,1H3. The maximum atomic E-state index is 5.89. The summed E-state index contributed by atoms with van der Waals surface area (Å²) in [5.41, 5.74) is 1.18. The topological polar surface area (TPSA) is 30.5 Å². The van der Waals surface area contributed by atoms with Gasteiger partial charge in [-0.1, -0.05) is 15.9 Å². The van der Waals surface area contributed by atoms with Crippen molar-refractivity contribution in [2.24, 2.45) is 0 Å². The Labute approximate surface area is 136 Å². The molecule has 3 rings (SSSR count). The van der Waals surface area contributed by atoms with E-state index < -0.39 is 0 Å². The molecule has 0 aromatic heterocycles. The highest BCUT2D eigenvalue weighted by Crippen LogP contribution is 2.36. The number of nitrogens with one attached hydrogen (secondary N) is 1. The minimum atomic E-state index is 0.408. The van der Waals surface area contributed by atoms with Crippen molar-refractivity contribution in [2.75, 3.05) is 6.61 Å². The van der Waals surface area contributed by atoms with E-state index in [9.17, 15) is 0 Å². The van der Waals surface area contributed by atoms with Gasteiger partial charge in [-0.05, 0) is 54.2 Å². The fourth-order valence-electron chi connectivity index (χ4n) is 3.14. The maximum absolute atomic E-state index is 5.89. The SMILES string of the molecule is CCOc1c(Br)cc(Br)cc1CNC1CC2CCC1O2. The predicted molar refractivity (Wildman–Crippen MR) is 86.2 cm³/mol. The molecule has 3 atom stereocenters. The van der Waals surface area contributed by atoms with Gasteiger partial charge in [-0.2, -0.15) is 0 Å². The number of hydrogen-bond acceptors (Lipinski definition) is 3. The summed E-state index contributed by atoms with van der Waals surface area (Å²) in [6.45, 7) is 3.49. The third kappa shape index (κ3) is 3.06. The van der Waals surface area contributed by atoms with E-state index in [4.69, 9.17) is 9.47 Å². The molecule has 2 fully saturated rings. The predicted octanol–water partition coefficient (Wildman–Crippen LogP) is 4.02. The van der Waals surface area contributed by atoms with E-state index in [0.29, 0.717) is 24.9 Å². The number of ether oxygens (including phenoxy) is 2. The van der Waals surface area contributed by atoms with Gasteiger partial charge in [-0.15, -0.1) is 0 Å². The fourth-order valence-corrected chi connectivity index (χ4v) is 4.57. The summed E-state index contributed by atoms with van der Waals surface area (Å²) in [4.78, 5) is 0. The Kier molecular flexibility index (Phi) is 4.70. The molecule has 110 valence electrons. The van der Waals surface area contributed by atoms with Gasteiger partial charge in [-0.3, -0.25) is 0 Å². The summed E-state index contributed by atoms with van der Waals surface area (Å²) in [6.07, 6.45) is 4.46. The van der Waals surface area contributed by atoms with Crippen molar-refractivity contribution in [3.8, 4) is 5.75 Å². The van der Waals surface area contributed by atoms with Crippen LogP contribution in [0.15, 0.2) is 21.1 Å². The Balaban J connectivity index is 1.70. The first kappa shape index (κ1) is 14.8. The maximum Gasteiger partial charge on any atom is 0.138 e. The molecule has 2 heterocycles. The van der Waals surface area contributed by atoms with Crippen molar-refractivity contribution in [1.82, 2.24) is 5.32 Å². The lowest BCUT2D eigenvalue weighted by atomic mass is 9.95. The highest BCUT2D eigenvalue weighted by molar-refractivity contribution is 9.11. The lowest BCUT2D eigenvalue weighted by Gasteiger charge is -2.21. The highest BCUT2D eigenvalue weighted by atomic mass is 79.9. The summed E-state index contributed by atoms with van der Waals surface area (Å²) in [6, 6.07) is 4.63.